The molecule has 0 unspecified atom stereocenters. The average molecular weight is 269 g/mol. The standard InChI is InChI=1S/C11H10Cl2N4/c1-6-15-11(14-2)10(17-16-6)7-3-4-8(12)9(13)5-7/h3-5H,1-2H3,(H,14,15,16). The van der Waals surface area contributed by atoms with E-state index in [1.165, 1.54) is 0 Å². The van der Waals surface area contributed by atoms with Crippen molar-refractivity contribution in [3.05, 3.63) is 34.1 Å². The molecule has 88 valence electrons. The molecule has 17 heavy (non-hydrogen) atoms. The molecule has 0 amide bonds. The first-order valence-corrected chi connectivity index (χ1v) is 5.72. The zero-order valence-corrected chi connectivity index (χ0v) is 10.8. The van der Waals surface area contributed by atoms with Gasteiger partial charge in [0.15, 0.2) is 5.82 Å². The Morgan fingerprint density at radius 1 is 1.12 bits per heavy atom. The van der Waals surface area contributed by atoms with Crippen molar-refractivity contribution in [1.29, 1.82) is 0 Å². The van der Waals surface area contributed by atoms with Crippen LogP contribution in [-0.2, 0) is 0 Å². The maximum atomic E-state index is 5.97. The lowest BCUT2D eigenvalue weighted by Crippen LogP contribution is -2.02. The van der Waals surface area contributed by atoms with Crippen molar-refractivity contribution < 1.29 is 0 Å². The first kappa shape index (κ1) is 12.1. The minimum absolute atomic E-state index is 0.480. The highest BCUT2D eigenvalue weighted by molar-refractivity contribution is 6.42. The van der Waals surface area contributed by atoms with E-state index in [0.29, 0.717) is 27.4 Å². The molecule has 1 aromatic carbocycles. The van der Waals surface area contributed by atoms with Crippen molar-refractivity contribution >= 4 is 29.0 Å². The summed E-state index contributed by atoms with van der Waals surface area (Å²) >= 11 is 11.8. The lowest BCUT2D eigenvalue weighted by molar-refractivity contribution is 0.916. The summed E-state index contributed by atoms with van der Waals surface area (Å²) in [5, 5.41) is 12.0. The minimum atomic E-state index is 0.480. The number of rotatable bonds is 2. The van der Waals surface area contributed by atoms with Crippen molar-refractivity contribution in [3.63, 3.8) is 0 Å². The Morgan fingerprint density at radius 3 is 2.53 bits per heavy atom. The van der Waals surface area contributed by atoms with Crippen molar-refractivity contribution in [2.24, 2.45) is 0 Å². The summed E-state index contributed by atoms with van der Waals surface area (Å²) < 4.78 is 0. The number of aromatic nitrogens is 3. The SMILES string of the molecule is CNc1nc(C)nnc1-c1ccc(Cl)c(Cl)c1. The molecule has 1 N–H and O–H groups in total. The van der Waals surface area contributed by atoms with E-state index < -0.39 is 0 Å². The molecular weight excluding hydrogens is 259 g/mol. The van der Waals surface area contributed by atoms with E-state index in [1.54, 1.807) is 26.1 Å². The summed E-state index contributed by atoms with van der Waals surface area (Å²) in [5.41, 5.74) is 1.47. The fourth-order valence-corrected chi connectivity index (χ4v) is 1.72. The Balaban J connectivity index is 2.55. The predicted octanol–water partition coefficient (Wildman–Crippen LogP) is 3.20. The number of benzene rings is 1. The molecule has 0 saturated heterocycles. The van der Waals surface area contributed by atoms with Crippen LogP contribution < -0.4 is 5.32 Å². The summed E-state index contributed by atoms with van der Waals surface area (Å²) in [6.45, 7) is 1.78. The largest absolute Gasteiger partial charge is 0.371 e. The van der Waals surface area contributed by atoms with Gasteiger partial charge in [0.2, 0.25) is 0 Å². The van der Waals surface area contributed by atoms with Crippen LogP contribution in [-0.4, -0.2) is 22.2 Å². The van der Waals surface area contributed by atoms with Crippen molar-refractivity contribution in [2.75, 3.05) is 12.4 Å². The summed E-state index contributed by atoms with van der Waals surface area (Å²) in [5.74, 6) is 1.27. The third-order valence-electron chi connectivity index (χ3n) is 2.22. The Hall–Kier alpha value is -1.39. The molecule has 6 heteroatoms. The summed E-state index contributed by atoms with van der Waals surface area (Å²) in [7, 11) is 1.78. The van der Waals surface area contributed by atoms with E-state index >= 15 is 0 Å². The molecule has 2 aromatic rings. The second kappa shape index (κ2) is 4.85. The lowest BCUT2D eigenvalue weighted by atomic mass is 10.1. The second-order valence-electron chi connectivity index (χ2n) is 3.44. The normalized spacial score (nSPS) is 10.4. The second-order valence-corrected chi connectivity index (χ2v) is 4.25. The molecular formula is C11H10Cl2N4. The van der Waals surface area contributed by atoms with Gasteiger partial charge >= 0.3 is 0 Å². The molecule has 2 rings (SSSR count). The molecule has 0 fully saturated rings. The Kier molecular flexibility index (Phi) is 3.45. The van der Waals surface area contributed by atoms with E-state index in [4.69, 9.17) is 23.2 Å². The van der Waals surface area contributed by atoms with E-state index in [2.05, 4.69) is 20.5 Å². The first-order chi connectivity index (χ1) is 8.11. The van der Waals surface area contributed by atoms with E-state index in [-0.39, 0.29) is 0 Å². The fraction of sp³-hybridized carbons (Fsp3) is 0.182. The Morgan fingerprint density at radius 2 is 1.88 bits per heavy atom. The molecule has 0 saturated carbocycles. The van der Waals surface area contributed by atoms with Crippen molar-refractivity contribution in [1.82, 2.24) is 15.2 Å². The van der Waals surface area contributed by atoms with Gasteiger partial charge < -0.3 is 5.32 Å². The first-order valence-electron chi connectivity index (χ1n) is 4.96. The van der Waals surface area contributed by atoms with Crippen LogP contribution in [0.5, 0.6) is 0 Å². The maximum Gasteiger partial charge on any atom is 0.156 e. The van der Waals surface area contributed by atoms with E-state index in [1.807, 2.05) is 6.07 Å². The lowest BCUT2D eigenvalue weighted by Gasteiger charge is -2.07. The molecule has 4 nitrogen and oxygen atoms in total. The monoisotopic (exact) mass is 268 g/mol. The fourth-order valence-electron chi connectivity index (χ4n) is 1.42. The highest BCUT2D eigenvalue weighted by Crippen LogP contribution is 2.29. The maximum absolute atomic E-state index is 5.97. The number of hydrogen-bond donors (Lipinski definition) is 1. The van der Waals surface area contributed by atoms with Crippen molar-refractivity contribution in [3.8, 4) is 11.3 Å². The van der Waals surface area contributed by atoms with Crippen LogP contribution in [0.15, 0.2) is 18.2 Å². The summed E-state index contributed by atoms with van der Waals surface area (Å²) in [6, 6.07) is 5.29. The highest BCUT2D eigenvalue weighted by Gasteiger charge is 2.10. The van der Waals surface area contributed by atoms with Gasteiger partial charge in [-0.25, -0.2) is 4.98 Å². The van der Waals surface area contributed by atoms with Crippen LogP contribution in [0.25, 0.3) is 11.3 Å². The van der Waals surface area contributed by atoms with Gasteiger partial charge in [0, 0.05) is 12.6 Å². The van der Waals surface area contributed by atoms with Crippen LogP contribution in [0.3, 0.4) is 0 Å². The molecule has 0 atom stereocenters. The third kappa shape index (κ3) is 2.48. The summed E-state index contributed by atoms with van der Waals surface area (Å²) in [4.78, 5) is 4.26. The van der Waals surface area contributed by atoms with Gasteiger partial charge in [-0.3, -0.25) is 0 Å². The number of nitrogens with one attached hydrogen (secondary N) is 1. The van der Waals surface area contributed by atoms with Crippen LogP contribution in [0.2, 0.25) is 10.0 Å². The zero-order valence-electron chi connectivity index (χ0n) is 9.33. The smallest absolute Gasteiger partial charge is 0.156 e. The predicted molar refractivity (Wildman–Crippen MR) is 69.6 cm³/mol. The van der Waals surface area contributed by atoms with Crippen LogP contribution in [0.1, 0.15) is 5.82 Å². The molecule has 0 aliphatic carbocycles. The number of hydrogen-bond acceptors (Lipinski definition) is 4. The number of halogens is 2. The topological polar surface area (TPSA) is 50.7 Å². The van der Waals surface area contributed by atoms with Gasteiger partial charge in [-0.2, -0.15) is 0 Å². The third-order valence-corrected chi connectivity index (χ3v) is 2.96. The van der Waals surface area contributed by atoms with Crippen molar-refractivity contribution in [2.45, 2.75) is 6.92 Å². The molecule has 0 spiro atoms. The molecule has 0 aliphatic rings. The highest BCUT2D eigenvalue weighted by atomic mass is 35.5. The van der Waals surface area contributed by atoms with E-state index in [0.717, 1.165) is 5.56 Å². The van der Waals surface area contributed by atoms with Crippen LogP contribution >= 0.6 is 23.2 Å². The Bertz CT molecular complexity index is 557. The number of aryl methyl sites for hydroxylation is 1. The van der Waals surface area contributed by atoms with Gasteiger partial charge in [-0.15, -0.1) is 10.2 Å². The van der Waals surface area contributed by atoms with Gasteiger partial charge in [0.05, 0.1) is 10.0 Å². The minimum Gasteiger partial charge on any atom is -0.371 e. The van der Waals surface area contributed by atoms with Gasteiger partial charge in [0.1, 0.15) is 11.5 Å². The molecule has 0 radical (unpaired) electrons. The quantitative estimate of drug-likeness (QED) is 0.909. The number of anilines is 1. The van der Waals surface area contributed by atoms with Gasteiger partial charge in [-0.05, 0) is 19.1 Å². The van der Waals surface area contributed by atoms with Gasteiger partial charge in [0.25, 0.3) is 0 Å². The number of nitrogens with zero attached hydrogens (tertiary/aromatic N) is 3. The molecule has 0 bridgehead atoms. The van der Waals surface area contributed by atoms with Crippen LogP contribution in [0.4, 0.5) is 5.82 Å². The molecule has 1 aromatic heterocycles. The Labute approximate surface area is 109 Å². The van der Waals surface area contributed by atoms with Crippen LogP contribution in [0, 0.1) is 6.92 Å². The zero-order chi connectivity index (χ0) is 12.4. The summed E-state index contributed by atoms with van der Waals surface area (Å²) in [6.07, 6.45) is 0. The molecule has 0 aliphatic heterocycles. The molecule has 1 heterocycles. The van der Waals surface area contributed by atoms with Gasteiger partial charge in [-0.1, -0.05) is 29.3 Å². The average Bonchev–Trinajstić information content (AvgIpc) is 2.32. The van der Waals surface area contributed by atoms with E-state index in [9.17, 15) is 0 Å².